The lowest BCUT2D eigenvalue weighted by molar-refractivity contribution is -0.00305. The van der Waals surface area contributed by atoms with Crippen LogP contribution < -0.4 is 0 Å². The fourth-order valence-corrected chi connectivity index (χ4v) is 2.52. The van der Waals surface area contributed by atoms with Gasteiger partial charge in [0, 0.05) is 17.2 Å². The molecule has 0 amide bonds. The van der Waals surface area contributed by atoms with E-state index in [1.807, 2.05) is 18.2 Å². The SMILES string of the molecule is CCC1(c2ccccc2Cl)CCCO1. The van der Waals surface area contributed by atoms with E-state index >= 15 is 0 Å². The van der Waals surface area contributed by atoms with Crippen molar-refractivity contribution in [3.05, 3.63) is 34.9 Å². The first-order valence-electron chi connectivity index (χ1n) is 5.17. The van der Waals surface area contributed by atoms with Crippen molar-refractivity contribution in [3.63, 3.8) is 0 Å². The quantitative estimate of drug-likeness (QED) is 0.723. The summed E-state index contributed by atoms with van der Waals surface area (Å²) in [5.41, 5.74) is 1.04. The zero-order valence-electron chi connectivity index (χ0n) is 8.42. The first kappa shape index (κ1) is 10.0. The lowest BCUT2D eigenvalue weighted by Crippen LogP contribution is -2.23. The first-order chi connectivity index (χ1) is 6.78. The van der Waals surface area contributed by atoms with Gasteiger partial charge in [-0.3, -0.25) is 0 Å². The summed E-state index contributed by atoms with van der Waals surface area (Å²) in [6.07, 6.45) is 3.23. The number of hydrogen-bond donors (Lipinski definition) is 0. The number of benzene rings is 1. The summed E-state index contributed by atoms with van der Waals surface area (Å²) in [5, 5.41) is 0.830. The van der Waals surface area contributed by atoms with E-state index in [4.69, 9.17) is 16.3 Å². The van der Waals surface area contributed by atoms with Crippen LogP contribution in [-0.4, -0.2) is 6.61 Å². The molecule has 1 heterocycles. The van der Waals surface area contributed by atoms with E-state index in [9.17, 15) is 0 Å². The molecule has 1 aliphatic heterocycles. The second kappa shape index (κ2) is 3.92. The molecule has 0 bridgehead atoms. The molecule has 2 heteroatoms. The van der Waals surface area contributed by atoms with Crippen molar-refractivity contribution < 1.29 is 4.74 Å². The van der Waals surface area contributed by atoms with Gasteiger partial charge in [-0.25, -0.2) is 0 Å². The van der Waals surface area contributed by atoms with E-state index in [0.717, 1.165) is 36.5 Å². The summed E-state index contributed by atoms with van der Waals surface area (Å²) in [6, 6.07) is 8.01. The van der Waals surface area contributed by atoms with Gasteiger partial charge in [0.25, 0.3) is 0 Å². The number of halogens is 1. The Labute approximate surface area is 90.0 Å². The van der Waals surface area contributed by atoms with Gasteiger partial charge in [-0.1, -0.05) is 36.7 Å². The summed E-state index contributed by atoms with van der Waals surface area (Å²) in [4.78, 5) is 0. The molecule has 1 unspecified atom stereocenters. The first-order valence-corrected chi connectivity index (χ1v) is 5.55. The van der Waals surface area contributed by atoms with Crippen LogP contribution in [0.3, 0.4) is 0 Å². The fourth-order valence-electron chi connectivity index (χ4n) is 2.21. The highest BCUT2D eigenvalue weighted by Crippen LogP contribution is 2.41. The van der Waals surface area contributed by atoms with Gasteiger partial charge in [0.1, 0.15) is 0 Å². The van der Waals surface area contributed by atoms with Crippen LogP contribution in [0, 0.1) is 0 Å². The van der Waals surface area contributed by atoms with Gasteiger partial charge in [0.15, 0.2) is 0 Å². The number of hydrogen-bond acceptors (Lipinski definition) is 1. The zero-order chi connectivity index (χ0) is 10.0. The Kier molecular flexibility index (Phi) is 2.80. The highest BCUT2D eigenvalue weighted by Gasteiger charge is 2.36. The van der Waals surface area contributed by atoms with Crippen LogP contribution in [0.25, 0.3) is 0 Å². The lowest BCUT2D eigenvalue weighted by atomic mass is 9.88. The van der Waals surface area contributed by atoms with Crippen LogP contribution in [0.5, 0.6) is 0 Å². The van der Waals surface area contributed by atoms with E-state index in [0.29, 0.717) is 0 Å². The third-order valence-electron chi connectivity index (χ3n) is 3.04. The van der Waals surface area contributed by atoms with Crippen LogP contribution >= 0.6 is 11.6 Å². The highest BCUT2D eigenvalue weighted by molar-refractivity contribution is 6.31. The zero-order valence-corrected chi connectivity index (χ0v) is 9.18. The molecule has 0 N–H and O–H groups in total. The molecule has 0 radical (unpaired) electrons. The Balaban J connectivity index is 2.41. The van der Waals surface area contributed by atoms with Crippen LogP contribution in [0.1, 0.15) is 31.7 Å². The molecule has 1 saturated heterocycles. The van der Waals surface area contributed by atoms with Crippen LogP contribution in [0.15, 0.2) is 24.3 Å². The fraction of sp³-hybridized carbons (Fsp3) is 0.500. The van der Waals surface area contributed by atoms with E-state index in [1.165, 1.54) is 0 Å². The molecule has 1 aromatic rings. The van der Waals surface area contributed by atoms with Gasteiger partial charge in [-0.15, -0.1) is 0 Å². The predicted molar refractivity (Wildman–Crippen MR) is 58.6 cm³/mol. The van der Waals surface area contributed by atoms with E-state index in [-0.39, 0.29) is 5.60 Å². The molecule has 1 nitrogen and oxygen atoms in total. The minimum atomic E-state index is -0.113. The van der Waals surface area contributed by atoms with Gasteiger partial charge >= 0.3 is 0 Å². The third-order valence-corrected chi connectivity index (χ3v) is 3.37. The standard InChI is InChI=1S/C12H15ClO/c1-2-12(8-5-9-14-12)10-6-3-4-7-11(10)13/h3-4,6-7H,2,5,8-9H2,1H3. The molecule has 0 aliphatic carbocycles. The predicted octanol–water partition coefficient (Wildman–Crippen LogP) is 3.76. The summed E-state index contributed by atoms with van der Waals surface area (Å²) < 4.78 is 5.87. The molecule has 1 aliphatic rings. The molecule has 0 saturated carbocycles. The minimum absolute atomic E-state index is 0.113. The van der Waals surface area contributed by atoms with Gasteiger partial charge in [-0.2, -0.15) is 0 Å². The van der Waals surface area contributed by atoms with Crippen molar-refractivity contribution in [3.8, 4) is 0 Å². The highest BCUT2D eigenvalue weighted by atomic mass is 35.5. The second-order valence-corrected chi connectivity index (χ2v) is 4.19. The normalized spacial score (nSPS) is 26.7. The van der Waals surface area contributed by atoms with E-state index in [2.05, 4.69) is 13.0 Å². The molecule has 1 fully saturated rings. The largest absolute Gasteiger partial charge is 0.370 e. The number of rotatable bonds is 2. The van der Waals surface area contributed by atoms with Crippen LogP contribution in [-0.2, 0) is 10.3 Å². The van der Waals surface area contributed by atoms with Crippen molar-refractivity contribution in [2.45, 2.75) is 31.8 Å². The van der Waals surface area contributed by atoms with Crippen molar-refractivity contribution in [1.82, 2.24) is 0 Å². The lowest BCUT2D eigenvalue weighted by Gasteiger charge is -2.28. The second-order valence-electron chi connectivity index (χ2n) is 3.78. The molecular weight excluding hydrogens is 196 g/mol. The molecule has 14 heavy (non-hydrogen) atoms. The molecule has 0 spiro atoms. The van der Waals surface area contributed by atoms with Gasteiger partial charge < -0.3 is 4.74 Å². The van der Waals surface area contributed by atoms with Crippen molar-refractivity contribution >= 4 is 11.6 Å². The molecule has 2 rings (SSSR count). The average molecular weight is 211 g/mol. The molecule has 1 aromatic carbocycles. The third kappa shape index (κ3) is 1.55. The maximum absolute atomic E-state index is 6.19. The smallest absolute Gasteiger partial charge is 0.0943 e. The summed E-state index contributed by atoms with van der Waals surface area (Å²) >= 11 is 6.19. The summed E-state index contributed by atoms with van der Waals surface area (Å²) in [5.74, 6) is 0. The summed E-state index contributed by atoms with van der Waals surface area (Å²) in [6.45, 7) is 3.02. The molecular formula is C12H15ClO. The Morgan fingerprint density at radius 3 is 2.79 bits per heavy atom. The minimum Gasteiger partial charge on any atom is -0.370 e. The average Bonchev–Trinajstić information content (AvgIpc) is 2.68. The Morgan fingerprint density at radius 2 is 2.21 bits per heavy atom. The van der Waals surface area contributed by atoms with Crippen molar-refractivity contribution in [1.29, 1.82) is 0 Å². The monoisotopic (exact) mass is 210 g/mol. The maximum atomic E-state index is 6.19. The van der Waals surface area contributed by atoms with Gasteiger partial charge in [0.05, 0.1) is 5.60 Å². The van der Waals surface area contributed by atoms with Gasteiger partial charge in [-0.05, 0) is 25.3 Å². The van der Waals surface area contributed by atoms with Crippen LogP contribution in [0.2, 0.25) is 5.02 Å². The van der Waals surface area contributed by atoms with Crippen LogP contribution in [0.4, 0.5) is 0 Å². The van der Waals surface area contributed by atoms with E-state index < -0.39 is 0 Å². The maximum Gasteiger partial charge on any atom is 0.0943 e. The van der Waals surface area contributed by atoms with Gasteiger partial charge in [0.2, 0.25) is 0 Å². The Hall–Kier alpha value is -0.530. The van der Waals surface area contributed by atoms with Crippen molar-refractivity contribution in [2.24, 2.45) is 0 Å². The Bertz CT molecular complexity index is 316. The molecule has 1 atom stereocenters. The van der Waals surface area contributed by atoms with E-state index in [1.54, 1.807) is 0 Å². The molecule has 0 aromatic heterocycles. The molecule has 76 valence electrons. The van der Waals surface area contributed by atoms with Crippen molar-refractivity contribution in [2.75, 3.05) is 6.61 Å². The topological polar surface area (TPSA) is 9.23 Å². The summed E-state index contributed by atoms with van der Waals surface area (Å²) in [7, 11) is 0. The Morgan fingerprint density at radius 1 is 1.43 bits per heavy atom. The number of ether oxygens (including phenoxy) is 1.